The minimum absolute atomic E-state index is 0.230. The summed E-state index contributed by atoms with van der Waals surface area (Å²) in [4.78, 5) is 24.0. The van der Waals surface area contributed by atoms with Crippen LogP contribution in [0.5, 0.6) is 0 Å². The van der Waals surface area contributed by atoms with Gasteiger partial charge in [0.2, 0.25) is 0 Å². The fourth-order valence-corrected chi connectivity index (χ4v) is 2.32. The van der Waals surface area contributed by atoms with E-state index in [1.165, 1.54) is 0 Å². The first-order valence-electron chi connectivity index (χ1n) is 5.81. The number of fused-ring (bicyclic) bond motifs is 3. The van der Waals surface area contributed by atoms with Crippen molar-refractivity contribution >= 4 is 16.9 Å². The molecule has 0 radical (unpaired) electrons. The number of urea groups is 1. The molecule has 3 heterocycles. The number of nitrogens with zero attached hydrogens (tertiary/aromatic N) is 3. The number of hydrogen-bond acceptors (Lipinski definition) is 3. The van der Waals surface area contributed by atoms with Crippen LogP contribution in [0.3, 0.4) is 0 Å². The van der Waals surface area contributed by atoms with Crippen LogP contribution in [-0.2, 0) is 4.74 Å². The molecule has 1 saturated heterocycles. The molecule has 5 heteroatoms. The summed E-state index contributed by atoms with van der Waals surface area (Å²) >= 11 is 0. The highest BCUT2D eigenvalue weighted by atomic mass is 16.5. The maximum Gasteiger partial charge on any atom is 0.368 e. The summed E-state index contributed by atoms with van der Waals surface area (Å²) in [5.74, 6) is 0.230. The minimum Gasteiger partial charge on any atom is -0.380 e. The highest BCUT2D eigenvalue weighted by Crippen LogP contribution is 2.20. The molecule has 1 aromatic carbocycles. The molecule has 5 nitrogen and oxygen atoms in total. The molecule has 0 atom stereocenters. The Morgan fingerprint density at radius 2 is 1.89 bits per heavy atom. The van der Waals surface area contributed by atoms with E-state index in [1.807, 2.05) is 24.3 Å². The Hall–Kier alpha value is -2.14. The normalized spacial score (nSPS) is 18.1. The summed E-state index contributed by atoms with van der Waals surface area (Å²) < 4.78 is 5.19. The number of pyridine rings is 1. The maximum absolute atomic E-state index is 11.4. The van der Waals surface area contributed by atoms with Gasteiger partial charge in [0.05, 0.1) is 30.3 Å². The lowest BCUT2D eigenvalue weighted by Crippen LogP contribution is -2.37. The second kappa shape index (κ2) is 3.43. The molecule has 0 bridgehead atoms. The topological polar surface area (TPSA) is 63.9 Å². The van der Waals surface area contributed by atoms with Crippen LogP contribution in [0.25, 0.3) is 10.9 Å². The summed E-state index contributed by atoms with van der Waals surface area (Å²) in [5, 5.41) is 2.17. The zero-order valence-electron chi connectivity index (χ0n) is 9.46. The van der Waals surface area contributed by atoms with Crippen LogP contribution in [0, 0.1) is 0 Å². The van der Waals surface area contributed by atoms with Gasteiger partial charge in [-0.25, -0.2) is 9.78 Å². The number of rotatable bonds is 1. The van der Waals surface area contributed by atoms with Gasteiger partial charge in [-0.15, -0.1) is 0 Å². The van der Waals surface area contributed by atoms with Crippen molar-refractivity contribution in [3.63, 3.8) is 0 Å². The fraction of sp³-hybridized carbons (Fsp3) is 0.231. The van der Waals surface area contributed by atoms with Gasteiger partial charge in [-0.3, -0.25) is 0 Å². The Labute approximate surface area is 102 Å². The molecule has 2 amide bonds. The van der Waals surface area contributed by atoms with Crippen LogP contribution in [0.15, 0.2) is 34.3 Å². The van der Waals surface area contributed by atoms with Gasteiger partial charge >= 0.3 is 6.03 Å². The van der Waals surface area contributed by atoms with E-state index in [0.29, 0.717) is 23.9 Å². The summed E-state index contributed by atoms with van der Waals surface area (Å²) in [6, 6.07) is 7.24. The van der Waals surface area contributed by atoms with Crippen molar-refractivity contribution in [1.29, 1.82) is 0 Å². The second-order valence-corrected chi connectivity index (χ2v) is 4.45. The number of para-hydroxylation sites is 1. The van der Waals surface area contributed by atoms with Gasteiger partial charge in [0.1, 0.15) is 10.7 Å². The van der Waals surface area contributed by atoms with Gasteiger partial charge in [-0.1, -0.05) is 18.2 Å². The molecule has 2 aliphatic heterocycles. The molecule has 1 fully saturated rings. The van der Waals surface area contributed by atoms with Crippen molar-refractivity contribution in [2.24, 2.45) is 9.98 Å². The van der Waals surface area contributed by atoms with Crippen molar-refractivity contribution in [2.75, 3.05) is 13.2 Å². The number of ether oxygens (including phenoxy) is 1. The van der Waals surface area contributed by atoms with Crippen LogP contribution >= 0.6 is 0 Å². The molecule has 18 heavy (non-hydrogen) atoms. The first kappa shape index (κ1) is 9.85. The SMILES string of the molecule is O=C1N=c2c(C3COC3)nc3ccccc3c2=N1. The molecule has 0 N–H and O–H groups in total. The molecule has 0 saturated carbocycles. The molecule has 4 rings (SSSR count). The quantitative estimate of drug-likeness (QED) is 0.736. The Balaban J connectivity index is 2.16. The molecule has 0 unspecified atom stereocenters. The Bertz CT molecular complexity index is 794. The summed E-state index contributed by atoms with van der Waals surface area (Å²) in [5.41, 5.74) is 1.69. The smallest absolute Gasteiger partial charge is 0.368 e. The molecular formula is C13H9N3O2. The van der Waals surface area contributed by atoms with E-state index < -0.39 is 6.03 Å². The van der Waals surface area contributed by atoms with Crippen molar-refractivity contribution in [2.45, 2.75) is 5.92 Å². The molecule has 0 aliphatic carbocycles. The van der Waals surface area contributed by atoms with Crippen LogP contribution < -0.4 is 10.7 Å². The van der Waals surface area contributed by atoms with Gasteiger partial charge in [0, 0.05) is 5.39 Å². The fourth-order valence-electron chi connectivity index (χ4n) is 2.32. The number of benzene rings is 1. The van der Waals surface area contributed by atoms with E-state index in [1.54, 1.807) is 0 Å². The van der Waals surface area contributed by atoms with Crippen molar-refractivity contribution in [1.82, 2.24) is 4.98 Å². The zero-order chi connectivity index (χ0) is 12.1. The van der Waals surface area contributed by atoms with Gasteiger partial charge < -0.3 is 4.74 Å². The zero-order valence-corrected chi connectivity index (χ0v) is 9.46. The van der Waals surface area contributed by atoms with E-state index in [-0.39, 0.29) is 5.92 Å². The third-order valence-electron chi connectivity index (χ3n) is 3.31. The van der Waals surface area contributed by atoms with E-state index in [0.717, 1.165) is 16.6 Å². The predicted octanol–water partition coefficient (Wildman–Crippen LogP) is 0.721. The maximum atomic E-state index is 11.4. The molecule has 88 valence electrons. The van der Waals surface area contributed by atoms with Crippen LogP contribution in [0.1, 0.15) is 11.6 Å². The molecular weight excluding hydrogens is 230 g/mol. The predicted molar refractivity (Wildman–Crippen MR) is 63.0 cm³/mol. The van der Waals surface area contributed by atoms with Crippen LogP contribution in [0.4, 0.5) is 4.79 Å². The number of carbonyl (C=O) groups is 1. The van der Waals surface area contributed by atoms with Crippen molar-refractivity contribution in [3.05, 3.63) is 40.7 Å². The summed E-state index contributed by atoms with van der Waals surface area (Å²) in [6.07, 6.45) is 0. The Morgan fingerprint density at radius 1 is 1.11 bits per heavy atom. The lowest BCUT2D eigenvalue weighted by Gasteiger charge is -2.25. The third-order valence-corrected chi connectivity index (χ3v) is 3.31. The number of hydrogen-bond donors (Lipinski definition) is 0. The Kier molecular flexibility index (Phi) is 1.87. The van der Waals surface area contributed by atoms with E-state index in [9.17, 15) is 4.79 Å². The van der Waals surface area contributed by atoms with E-state index in [4.69, 9.17) is 4.74 Å². The summed E-state index contributed by atoms with van der Waals surface area (Å²) in [6.45, 7) is 1.28. The second-order valence-electron chi connectivity index (χ2n) is 4.45. The van der Waals surface area contributed by atoms with Crippen molar-refractivity contribution < 1.29 is 9.53 Å². The standard InChI is InChI=1S/C13H9N3O2/c17-13-15-11-8-3-1-2-4-9(8)14-10(12(11)16-13)7-5-18-6-7/h1-4,7H,5-6H2. The lowest BCUT2D eigenvalue weighted by molar-refractivity contribution is 0.00629. The molecule has 2 aromatic rings. The van der Waals surface area contributed by atoms with Crippen molar-refractivity contribution in [3.8, 4) is 0 Å². The minimum atomic E-state index is -0.440. The largest absolute Gasteiger partial charge is 0.380 e. The van der Waals surface area contributed by atoms with Crippen LogP contribution in [0.2, 0.25) is 0 Å². The Morgan fingerprint density at radius 3 is 2.67 bits per heavy atom. The van der Waals surface area contributed by atoms with Gasteiger partial charge in [0.15, 0.2) is 0 Å². The molecule has 2 aliphatic rings. The molecule has 0 spiro atoms. The van der Waals surface area contributed by atoms with E-state index in [2.05, 4.69) is 15.0 Å². The number of amides is 2. The first-order valence-corrected chi connectivity index (χ1v) is 5.81. The number of carbonyl (C=O) groups excluding carboxylic acids is 1. The average Bonchev–Trinajstić information content (AvgIpc) is 2.69. The lowest BCUT2D eigenvalue weighted by atomic mass is 10.0. The van der Waals surface area contributed by atoms with Gasteiger partial charge in [-0.2, -0.15) is 9.98 Å². The van der Waals surface area contributed by atoms with Crippen LogP contribution in [-0.4, -0.2) is 24.2 Å². The summed E-state index contributed by atoms with van der Waals surface area (Å²) in [7, 11) is 0. The van der Waals surface area contributed by atoms with E-state index >= 15 is 0 Å². The van der Waals surface area contributed by atoms with Gasteiger partial charge in [0.25, 0.3) is 0 Å². The average molecular weight is 239 g/mol. The number of aromatic nitrogens is 1. The third kappa shape index (κ3) is 1.25. The molecule has 1 aromatic heterocycles. The highest BCUT2D eigenvalue weighted by Gasteiger charge is 2.26. The van der Waals surface area contributed by atoms with Gasteiger partial charge in [-0.05, 0) is 6.07 Å². The first-order chi connectivity index (χ1) is 8.83. The highest BCUT2D eigenvalue weighted by molar-refractivity contribution is 5.84. The monoisotopic (exact) mass is 239 g/mol.